The lowest BCUT2D eigenvalue weighted by Gasteiger charge is -2.34. The third-order valence-electron chi connectivity index (χ3n) is 3.60. The van der Waals surface area contributed by atoms with Crippen LogP contribution in [0.4, 0.5) is 13.2 Å². The van der Waals surface area contributed by atoms with Crippen molar-refractivity contribution in [3.05, 3.63) is 0 Å². The second kappa shape index (κ2) is 7.26. The van der Waals surface area contributed by atoms with Crippen molar-refractivity contribution < 1.29 is 18.0 Å². The first kappa shape index (κ1) is 17.2. The van der Waals surface area contributed by atoms with Gasteiger partial charge < -0.3 is 10.6 Å². The quantitative estimate of drug-likeness (QED) is 0.781. The van der Waals surface area contributed by atoms with Gasteiger partial charge in [0.25, 0.3) is 0 Å². The van der Waals surface area contributed by atoms with Gasteiger partial charge in [-0.3, -0.25) is 9.69 Å². The number of hydrogen-bond acceptors (Lipinski definition) is 3. The highest BCUT2D eigenvalue weighted by Gasteiger charge is 2.31. The van der Waals surface area contributed by atoms with E-state index in [-0.39, 0.29) is 6.04 Å². The Balaban J connectivity index is 2.53. The van der Waals surface area contributed by atoms with Gasteiger partial charge in [-0.15, -0.1) is 0 Å². The van der Waals surface area contributed by atoms with Gasteiger partial charge in [0.05, 0.1) is 6.04 Å². The molecule has 2 N–H and O–H groups in total. The zero-order valence-electron chi connectivity index (χ0n) is 12.3. The second-order valence-corrected chi connectivity index (χ2v) is 5.59. The van der Waals surface area contributed by atoms with Crippen molar-refractivity contribution in [3.63, 3.8) is 0 Å². The molecule has 0 aliphatic carbocycles. The highest BCUT2D eigenvalue weighted by molar-refractivity contribution is 5.81. The number of nitrogens with zero attached hydrogens (tertiary/aromatic N) is 1. The predicted octanol–water partition coefficient (Wildman–Crippen LogP) is 1.52. The molecule has 4 nitrogen and oxygen atoms in total. The van der Waals surface area contributed by atoms with Crippen LogP contribution in [-0.4, -0.2) is 54.7 Å². The van der Waals surface area contributed by atoms with E-state index in [1.807, 2.05) is 24.1 Å². The second-order valence-electron chi connectivity index (χ2n) is 5.59. The molecule has 0 aromatic rings. The summed E-state index contributed by atoms with van der Waals surface area (Å²) in [5, 5.41) is 5.30. The van der Waals surface area contributed by atoms with Gasteiger partial charge in [0, 0.05) is 18.6 Å². The molecule has 2 atom stereocenters. The van der Waals surface area contributed by atoms with Crippen LogP contribution in [0, 0.1) is 0 Å². The van der Waals surface area contributed by atoms with Gasteiger partial charge in [0.1, 0.15) is 6.54 Å². The molecule has 1 fully saturated rings. The van der Waals surface area contributed by atoms with E-state index < -0.39 is 24.7 Å². The SMILES string of the molecule is CC(C)N(CC1CCCN1)C(C)C(=O)NCC(F)(F)F. The molecule has 1 amide bonds. The van der Waals surface area contributed by atoms with E-state index in [4.69, 9.17) is 0 Å². The highest BCUT2D eigenvalue weighted by Crippen LogP contribution is 2.14. The molecule has 1 aliphatic heterocycles. The van der Waals surface area contributed by atoms with Gasteiger partial charge in [-0.25, -0.2) is 0 Å². The van der Waals surface area contributed by atoms with Crippen molar-refractivity contribution in [2.75, 3.05) is 19.6 Å². The molecule has 7 heteroatoms. The van der Waals surface area contributed by atoms with Crippen molar-refractivity contribution in [2.45, 2.75) is 57.9 Å². The Morgan fingerprint density at radius 1 is 1.40 bits per heavy atom. The number of carbonyl (C=O) groups excluding carboxylic acids is 1. The van der Waals surface area contributed by atoms with E-state index in [1.54, 1.807) is 6.92 Å². The van der Waals surface area contributed by atoms with Gasteiger partial charge in [-0.1, -0.05) is 0 Å². The number of alkyl halides is 3. The number of nitrogens with one attached hydrogen (secondary N) is 2. The fourth-order valence-corrected chi connectivity index (χ4v) is 2.47. The largest absolute Gasteiger partial charge is 0.405 e. The summed E-state index contributed by atoms with van der Waals surface area (Å²) in [6.45, 7) is 5.92. The number of carbonyl (C=O) groups is 1. The predicted molar refractivity (Wildman–Crippen MR) is 71.4 cm³/mol. The molecule has 1 aliphatic rings. The maximum Gasteiger partial charge on any atom is 0.405 e. The van der Waals surface area contributed by atoms with Gasteiger partial charge in [-0.05, 0) is 40.2 Å². The molecule has 1 heterocycles. The molecular formula is C13H24F3N3O. The molecule has 0 spiro atoms. The summed E-state index contributed by atoms with van der Waals surface area (Å²) in [4.78, 5) is 13.8. The molecule has 0 aromatic carbocycles. The summed E-state index contributed by atoms with van der Waals surface area (Å²) in [6.07, 6.45) is -2.23. The van der Waals surface area contributed by atoms with Gasteiger partial charge in [-0.2, -0.15) is 13.2 Å². The lowest BCUT2D eigenvalue weighted by Crippen LogP contribution is -2.52. The van der Waals surface area contributed by atoms with Crippen molar-refractivity contribution in [1.82, 2.24) is 15.5 Å². The minimum absolute atomic E-state index is 0.101. The number of rotatable bonds is 6. The molecular weight excluding hydrogens is 271 g/mol. The topological polar surface area (TPSA) is 44.4 Å². The molecule has 1 rings (SSSR count). The summed E-state index contributed by atoms with van der Waals surface area (Å²) in [5.74, 6) is -0.575. The fourth-order valence-electron chi connectivity index (χ4n) is 2.47. The Hall–Kier alpha value is -0.820. The first-order valence-corrected chi connectivity index (χ1v) is 7.04. The van der Waals surface area contributed by atoms with E-state index in [9.17, 15) is 18.0 Å². The number of halogens is 3. The van der Waals surface area contributed by atoms with Crippen LogP contribution < -0.4 is 10.6 Å². The fraction of sp³-hybridized carbons (Fsp3) is 0.923. The summed E-state index contributed by atoms with van der Waals surface area (Å²) in [5.41, 5.74) is 0. The van der Waals surface area contributed by atoms with Crippen LogP contribution in [0.15, 0.2) is 0 Å². The first-order chi connectivity index (χ1) is 9.20. The van der Waals surface area contributed by atoms with Crippen LogP contribution in [0.3, 0.4) is 0 Å². The molecule has 0 saturated carbocycles. The average molecular weight is 295 g/mol. The van der Waals surface area contributed by atoms with Crippen molar-refractivity contribution in [1.29, 1.82) is 0 Å². The molecule has 0 aromatic heterocycles. The summed E-state index contributed by atoms with van der Waals surface area (Å²) < 4.78 is 36.4. The zero-order chi connectivity index (χ0) is 15.3. The maximum atomic E-state index is 12.1. The van der Waals surface area contributed by atoms with Crippen LogP contribution in [0.25, 0.3) is 0 Å². The molecule has 1 saturated heterocycles. The normalized spacial score (nSPS) is 21.5. The summed E-state index contributed by atoms with van der Waals surface area (Å²) >= 11 is 0. The van der Waals surface area contributed by atoms with E-state index in [0.29, 0.717) is 12.6 Å². The Bertz CT molecular complexity index is 314. The number of amides is 1. The minimum atomic E-state index is -4.37. The van der Waals surface area contributed by atoms with Crippen LogP contribution in [-0.2, 0) is 4.79 Å². The van der Waals surface area contributed by atoms with Crippen LogP contribution in [0.1, 0.15) is 33.6 Å². The Morgan fingerprint density at radius 3 is 2.50 bits per heavy atom. The minimum Gasteiger partial charge on any atom is -0.346 e. The standard InChI is InChI=1S/C13H24F3N3O/c1-9(2)19(7-11-5-4-6-17-11)10(3)12(20)18-8-13(14,15)16/h9-11,17H,4-8H2,1-3H3,(H,18,20). The van der Waals surface area contributed by atoms with E-state index in [1.165, 1.54) is 0 Å². The highest BCUT2D eigenvalue weighted by atomic mass is 19.4. The molecule has 118 valence electrons. The molecule has 0 bridgehead atoms. The molecule has 20 heavy (non-hydrogen) atoms. The van der Waals surface area contributed by atoms with Gasteiger partial charge in [0.2, 0.25) is 5.91 Å². The third-order valence-corrected chi connectivity index (χ3v) is 3.60. The van der Waals surface area contributed by atoms with Crippen molar-refractivity contribution in [2.24, 2.45) is 0 Å². The third kappa shape index (κ3) is 5.66. The summed E-state index contributed by atoms with van der Waals surface area (Å²) in [6, 6.07) is -0.154. The van der Waals surface area contributed by atoms with E-state index >= 15 is 0 Å². The Labute approximate surface area is 118 Å². The lowest BCUT2D eigenvalue weighted by atomic mass is 10.1. The first-order valence-electron chi connectivity index (χ1n) is 7.04. The summed E-state index contributed by atoms with van der Waals surface area (Å²) in [7, 11) is 0. The zero-order valence-corrected chi connectivity index (χ0v) is 12.3. The average Bonchev–Trinajstić information content (AvgIpc) is 2.83. The Kier molecular flexibility index (Phi) is 6.26. The van der Waals surface area contributed by atoms with Crippen molar-refractivity contribution in [3.8, 4) is 0 Å². The lowest BCUT2D eigenvalue weighted by molar-refractivity contribution is -0.141. The van der Waals surface area contributed by atoms with Crippen LogP contribution in [0.5, 0.6) is 0 Å². The van der Waals surface area contributed by atoms with E-state index in [2.05, 4.69) is 5.32 Å². The van der Waals surface area contributed by atoms with E-state index in [0.717, 1.165) is 19.4 Å². The number of hydrogen-bond donors (Lipinski definition) is 2. The molecule has 2 unspecified atom stereocenters. The monoisotopic (exact) mass is 295 g/mol. The molecule has 0 radical (unpaired) electrons. The van der Waals surface area contributed by atoms with Crippen molar-refractivity contribution >= 4 is 5.91 Å². The van der Waals surface area contributed by atoms with Crippen LogP contribution >= 0.6 is 0 Å². The Morgan fingerprint density at radius 2 is 2.05 bits per heavy atom. The van der Waals surface area contributed by atoms with Crippen LogP contribution in [0.2, 0.25) is 0 Å². The van der Waals surface area contributed by atoms with Gasteiger partial charge >= 0.3 is 6.18 Å². The van der Waals surface area contributed by atoms with Gasteiger partial charge in [0.15, 0.2) is 0 Å². The smallest absolute Gasteiger partial charge is 0.346 e. The maximum absolute atomic E-state index is 12.1.